The zero-order chi connectivity index (χ0) is 22.8. The van der Waals surface area contributed by atoms with Crippen molar-refractivity contribution in [3.8, 4) is 0 Å². The van der Waals surface area contributed by atoms with Crippen LogP contribution in [0.15, 0.2) is 0 Å². The van der Waals surface area contributed by atoms with Crippen molar-refractivity contribution in [3.63, 3.8) is 0 Å². The summed E-state index contributed by atoms with van der Waals surface area (Å²) in [6.45, 7) is 13.6. The number of hydrogen-bond acceptors (Lipinski definition) is 7. The van der Waals surface area contributed by atoms with E-state index in [0.717, 1.165) is 0 Å². The van der Waals surface area contributed by atoms with Crippen molar-refractivity contribution in [3.05, 3.63) is 0 Å². The molecule has 0 heterocycles. The van der Waals surface area contributed by atoms with Crippen LogP contribution < -0.4 is 16.0 Å². The van der Waals surface area contributed by atoms with Gasteiger partial charge in [-0.25, -0.2) is 14.4 Å². The Hall–Kier alpha value is -2.52. The first-order valence-electron chi connectivity index (χ1n) is 9.58. The van der Waals surface area contributed by atoms with E-state index >= 15 is 0 Å². The number of rotatable bonds is 8. The first kappa shape index (κ1) is 26.5. The van der Waals surface area contributed by atoms with Crippen molar-refractivity contribution < 1.29 is 33.4 Å². The first-order chi connectivity index (χ1) is 13.1. The van der Waals surface area contributed by atoms with E-state index in [0.29, 0.717) is 0 Å². The molecule has 0 bridgehead atoms. The smallest absolute Gasteiger partial charge is 0.408 e. The standard InChI is InChI=1S/C19H35N3O7/c1-9-27-15(24)12(2)21-14(23)13(22-17(26)29-19(6,7)8)10-11-20-16(25)28-18(3,4)5/h12-13H,9-11H2,1-8H3,(H,20,25)(H,21,23)(H,22,26)/t12-,13-/m0/s1. The quantitative estimate of drug-likeness (QED) is 0.406. The van der Waals surface area contributed by atoms with Gasteiger partial charge in [0.25, 0.3) is 0 Å². The second kappa shape index (κ2) is 11.5. The molecule has 168 valence electrons. The molecule has 0 saturated heterocycles. The monoisotopic (exact) mass is 417 g/mol. The van der Waals surface area contributed by atoms with Crippen molar-refractivity contribution >= 4 is 24.1 Å². The summed E-state index contributed by atoms with van der Waals surface area (Å²) in [5.74, 6) is -1.20. The summed E-state index contributed by atoms with van der Waals surface area (Å²) in [5.41, 5.74) is -1.41. The highest BCUT2D eigenvalue weighted by Gasteiger charge is 2.27. The van der Waals surface area contributed by atoms with E-state index in [1.807, 2.05) is 0 Å². The number of amides is 3. The number of carbonyl (C=O) groups is 4. The van der Waals surface area contributed by atoms with Gasteiger partial charge in [0.15, 0.2) is 0 Å². The third kappa shape index (κ3) is 13.3. The third-order valence-electron chi connectivity index (χ3n) is 3.11. The molecule has 0 aliphatic heterocycles. The molecule has 2 atom stereocenters. The maximum atomic E-state index is 12.5. The van der Waals surface area contributed by atoms with Crippen molar-refractivity contribution in [2.45, 2.75) is 85.1 Å². The van der Waals surface area contributed by atoms with E-state index in [4.69, 9.17) is 14.2 Å². The normalized spacial score (nSPS) is 13.5. The van der Waals surface area contributed by atoms with Gasteiger partial charge in [0, 0.05) is 6.54 Å². The summed E-state index contributed by atoms with van der Waals surface area (Å²) in [6.07, 6.45) is -1.38. The van der Waals surface area contributed by atoms with Crippen molar-refractivity contribution in [1.29, 1.82) is 0 Å². The Morgan fingerprint density at radius 3 is 1.86 bits per heavy atom. The molecule has 0 aromatic heterocycles. The SMILES string of the molecule is CCOC(=O)[C@H](C)NC(=O)[C@H](CCNC(=O)OC(C)(C)C)NC(=O)OC(C)(C)C. The molecular weight excluding hydrogens is 382 g/mol. The molecule has 0 saturated carbocycles. The average molecular weight is 418 g/mol. The number of alkyl carbamates (subject to hydrolysis) is 2. The fourth-order valence-electron chi connectivity index (χ4n) is 1.99. The Bertz CT molecular complexity index is 579. The number of esters is 1. The van der Waals surface area contributed by atoms with Crippen LogP contribution >= 0.6 is 0 Å². The van der Waals surface area contributed by atoms with Gasteiger partial charge in [-0.05, 0) is 61.8 Å². The van der Waals surface area contributed by atoms with Crippen LogP contribution in [-0.2, 0) is 23.8 Å². The third-order valence-corrected chi connectivity index (χ3v) is 3.11. The summed E-state index contributed by atoms with van der Waals surface area (Å²) in [5, 5.41) is 7.45. The van der Waals surface area contributed by atoms with Crippen molar-refractivity contribution in [1.82, 2.24) is 16.0 Å². The molecule has 0 aliphatic carbocycles. The van der Waals surface area contributed by atoms with Gasteiger partial charge >= 0.3 is 18.2 Å². The molecule has 10 nitrogen and oxygen atoms in total. The molecule has 0 aromatic carbocycles. The van der Waals surface area contributed by atoms with E-state index in [1.54, 1.807) is 48.5 Å². The van der Waals surface area contributed by atoms with Crippen LogP contribution in [0.5, 0.6) is 0 Å². The maximum Gasteiger partial charge on any atom is 0.408 e. The van der Waals surface area contributed by atoms with Gasteiger partial charge in [-0.2, -0.15) is 0 Å². The van der Waals surface area contributed by atoms with Gasteiger partial charge < -0.3 is 30.2 Å². The first-order valence-corrected chi connectivity index (χ1v) is 9.58. The van der Waals surface area contributed by atoms with Crippen LogP contribution in [0.4, 0.5) is 9.59 Å². The predicted octanol–water partition coefficient (Wildman–Crippen LogP) is 1.86. The van der Waals surface area contributed by atoms with E-state index in [1.165, 1.54) is 6.92 Å². The molecule has 0 radical (unpaired) electrons. The van der Waals surface area contributed by atoms with Crippen LogP contribution in [0.2, 0.25) is 0 Å². The molecule has 29 heavy (non-hydrogen) atoms. The van der Waals surface area contributed by atoms with Crippen LogP contribution in [0.3, 0.4) is 0 Å². The number of hydrogen-bond donors (Lipinski definition) is 3. The number of carbonyl (C=O) groups excluding carboxylic acids is 4. The van der Waals surface area contributed by atoms with Gasteiger partial charge in [-0.3, -0.25) is 4.79 Å². The molecule has 3 amide bonds. The Morgan fingerprint density at radius 2 is 1.38 bits per heavy atom. The molecule has 0 fully saturated rings. The minimum absolute atomic E-state index is 0.0522. The molecule has 10 heteroatoms. The second-order valence-corrected chi connectivity index (χ2v) is 8.40. The lowest BCUT2D eigenvalue weighted by molar-refractivity contribution is -0.147. The van der Waals surface area contributed by atoms with Gasteiger partial charge in [-0.1, -0.05) is 0 Å². The lowest BCUT2D eigenvalue weighted by Crippen LogP contribution is -2.52. The summed E-state index contributed by atoms with van der Waals surface area (Å²) in [6, 6.07) is -1.94. The Morgan fingerprint density at radius 1 is 0.862 bits per heavy atom. The van der Waals surface area contributed by atoms with E-state index < -0.39 is 47.3 Å². The lowest BCUT2D eigenvalue weighted by atomic mass is 10.1. The van der Waals surface area contributed by atoms with Gasteiger partial charge in [-0.15, -0.1) is 0 Å². The minimum atomic E-state index is -1.04. The second-order valence-electron chi connectivity index (χ2n) is 8.40. The molecule has 0 unspecified atom stereocenters. The Balaban J connectivity index is 4.96. The zero-order valence-corrected chi connectivity index (χ0v) is 18.6. The maximum absolute atomic E-state index is 12.5. The van der Waals surface area contributed by atoms with E-state index in [9.17, 15) is 19.2 Å². The number of nitrogens with one attached hydrogen (secondary N) is 3. The van der Waals surface area contributed by atoms with Crippen LogP contribution in [0.25, 0.3) is 0 Å². The highest BCUT2D eigenvalue weighted by atomic mass is 16.6. The van der Waals surface area contributed by atoms with Crippen LogP contribution in [0, 0.1) is 0 Å². The van der Waals surface area contributed by atoms with Gasteiger partial charge in [0.2, 0.25) is 5.91 Å². The number of ether oxygens (including phenoxy) is 3. The lowest BCUT2D eigenvalue weighted by Gasteiger charge is -2.24. The molecule has 0 rings (SSSR count). The van der Waals surface area contributed by atoms with Crippen molar-refractivity contribution in [2.24, 2.45) is 0 Å². The highest BCUT2D eigenvalue weighted by Crippen LogP contribution is 2.08. The van der Waals surface area contributed by atoms with Gasteiger partial charge in [0.1, 0.15) is 23.3 Å². The summed E-state index contributed by atoms with van der Waals surface area (Å²) >= 11 is 0. The Kier molecular flexibility index (Phi) is 10.5. The minimum Gasteiger partial charge on any atom is -0.464 e. The molecule has 0 aromatic rings. The fraction of sp³-hybridized carbons (Fsp3) is 0.789. The molecule has 3 N–H and O–H groups in total. The van der Waals surface area contributed by atoms with Crippen molar-refractivity contribution in [2.75, 3.05) is 13.2 Å². The Labute approximate surface area is 172 Å². The molecule has 0 spiro atoms. The predicted molar refractivity (Wildman–Crippen MR) is 106 cm³/mol. The average Bonchev–Trinajstić information content (AvgIpc) is 2.50. The van der Waals surface area contributed by atoms with Crippen LogP contribution in [0.1, 0.15) is 61.8 Å². The van der Waals surface area contributed by atoms with Crippen LogP contribution in [-0.4, -0.2) is 60.5 Å². The highest BCUT2D eigenvalue weighted by molar-refractivity contribution is 5.89. The largest absolute Gasteiger partial charge is 0.464 e. The van der Waals surface area contributed by atoms with E-state index in [2.05, 4.69) is 16.0 Å². The summed E-state index contributed by atoms with van der Waals surface area (Å²) in [7, 11) is 0. The fourth-order valence-corrected chi connectivity index (χ4v) is 1.99. The summed E-state index contributed by atoms with van der Waals surface area (Å²) in [4.78, 5) is 48.1. The van der Waals surface area contributed by atoms with Gasteiger partial charge in [0.05, 0.1) is 6.61 Å². The van der Waals surface area contributed by atoms with E-state index in [-0.39, 0.29) is 19.6 Å². The topological polar surface area (TPSA) is 132 Å². The summed E-state index contributed by atoms with van der Waals surface area (Å²) < 4.78 is 15.1. The zero-order valence-electron chi connectivity index (χ0n) is 18.6. The molecular formula is C19H35N3O7. The molecule has 0 aliphatic rings.